The molecule has 4 nitrogen and oxygen atoms in total. The molecule has 26 heavy (non-hydrogen) atoms. The van der Waals surface area contributed by atoms with Crippen molar-refractivity contribution in [3.05, 3.63) is 64.3 Å². The van der Waals surface area contributed by atoms with Crippen LogP contribution in [0.5, 0.6) is 0 Å². The fraction of sp³-hybridized carbons (Fsp3) is 0.300. The lowest BCUT2D eigenvalue weighted by Gasteiger charge is -2.22. The Labute approximate surface area is 151 Å². The fourth-order valence-electron chi connectivity index (χ4n) is 3.14. The molecule has 0 spiro atoms. The maximum absolute atomic E-state index is 14.4. The van der Waals surface area contributed by atoms with Crippen molar-refractivity contribution in [3.63, 3.8) is 0 Å². The van der Waals surface area contributed by atoms with Crippen molar-refractivity contribution < 1.29 is 18.7 Å². The topological polar surface area (TPSA) is 61.7 Å². The summed E-state index contributed by atoms with van der Waals surface area (Å²) >= 11 is 0. The van der Waals surface area contributed by atoms with E-state index < -0.39 is 23.6 Å². The zero-order valence-corrected chi connectivity index (χ0v) is 15.2. The van der Waals surface area contributed by atoms with E-state index in [-0.39, 0.29) is 12.0 Å². The molecule has 0 saturated carbocycles. The molecule has 0 bridgehead atoms. The number of aliphatic carboxylic acids is 1. The Balaban J connectivity index is 2.67. The van der Waals surface area contributed by atoms with Crippen molar-refractivity contribution in [1.82, 2.24) is 5.32 Å². The number of aliphatic imine (C=N–C) groups is 1. The highest BCUT2D eigenvalue weighted by molar-refractivity contribution is 6.21. The van der Waals surface area contributed by atoms with Gasteiger partial charge in [-0.3, -0.25) is 9.79 Å². The van der Waals surface area contributed by atoms with E-state index in [0.29, 0.717) is 5.56 Å². The summed E-state index contributed by atoms with van der Waals surface area (Å²) in [7, 11) is 3.19. The van der Waals surface area contributed by atoms with Crippen molar-refractivity contribution in [2.24, 2.45) is 4.99 Å². The number of nitrogens with one attached hydrogen (secondary N) is 1. The summed E-state index contributed by atoms with van der Waals surface area (Å²) in [5.41, 5.74) is 3.69. The third-order valence-electron chi connectivity index (χ3n) is 4.41. The number of carboxylic acids is 1. The quantitative estimate of drug-likeness (QED) is 0.832. The third kappa shape index (κ3) is 3.80. The Hall–Kier alpha value is -2.60. The predicted octanol–water partition coefficient (Wildman–Crippen LogP) is 4.06. The van der Waals surface area contributed by atoms with E-state index in [1.807, 2.05) is 32.1 Å². The van der Waals surface area contributed by atoms with Crippen molar-refractivity contribution >= 4 is 17.3 Å². The average Bonchev–Trinajstić information content (AvgIpc) is 2.61. The van der Waals surface area contributed by atoms with Gasteiger partial charge in [0, 0.05) is 24.2 Å². The summed E-state index contributed by atoms with van der Waals surface area (Å²) in [5, 5.41) is 11.8. The lowest BCUT2D eigenvalue weighted by Crippen LogP contribution is -2.22. The first-order valence-corrected chi connectivity index (χ1v) is 8.25. The molecule has 1 aliphatic rings. The van der Waals surface area contributed by atoms with Crippen molar-refractivity contribution in [3.8, 4) is 0 Å². The number of allylic oxidation sites excluding steroid dienone is 6. The molecule has 0 amide bonds. The highest BCUT2D eigenvalue weighted by Crippen LogP contribution is 2.35. The smallest absolute Gasteiger partial charge is 0.305 e. The lowest BCUT2D eigenvalue weighted by molar-refractivity contribution is -0.137. The van der Waals surface area contributed by atoms with Gasteiger partial charge >= 0.3 is 5.97 Å². The van der Waals surface area contributed by atoms with E-state index >= 15 is 0 Å². The molecule has 2 N–H and O–H groups in total. The predicted molar refractivity (Wildman–Crippen MR) is 99.3 cm³/mol. The first kappa shape index (κ1) is 19.7. The molecule has 2 rings (SSSR count). The number of hydrogen-bond acceptors (Lipinski definition) is 3. The maximum Gasteiger partial charge on any atom is 0.305 e. The van der Waals surface area contributed by atoms with Gasteiger partial charge in [-0.05, 0) is 55.8 Å². The molecule has 6 heteroatoms. The van der Waals surface area contributed by atoms with Gasteiger partial charge < -0.3 is 10.4 Å². The van der Waals surface area contributed by atoms with E-state index in [1.165, 1.54) is 13.1 Å². The Morgan fingerprint density at radius 1 is 1.35 bits per heavy atom. The molecule has 0 fully saturated rings. The summed E-state index contributed by atoms with van der Waals surface area (Å²) < 4.78 is 28.7. The number of carboxylic acid groups (broad SMARTS) is 1. The first-order chi connectivity index (χ1) is 12.3. The van der Waals surface area contributed by atoms with Crippen LogP contribution in [0.1, 0.15) is 37.4 Å². The zero-order chi connectivity index (χ0) is 19.4. The Kier molecular flexibility index (Phi) is 6.21. The van der Waals surface area contributed by atoms with Gasteiger partial charge in [0.1, 0.15) is 0 Å². The SMILES string of the molecule is C/C=C1\C(=NC)C=CC(C)=C1c1cc(F)c(F)c([C@H](CC(=O)O)NC)c1. The van der Waals surface area contributed by atoms with Gasteiger partial charge in [-0.25, -0.2) is 8.78 Å². The lowest BCUT2D eigenvalue weighted by atomic mass is 9.85. The molecule has 0 aliphatic heterocycles. The molecular formula is C20H22F2N2O2. The Morgan fingerprint density at radius 3 is 2.58 bits per heavy atom. The second-order valence-electron chi connectivity index (χ2n) is 6.00. The van der Waals surface area contributed by atoms with Gasteiger partial charge in [-0.2, -0.15) is 0 Å². The van der Waals surface area contributed by atoms with Crippen LogP contribution >= 0.6 is 0 Å². The van der Waals surface area contributed by atoms with Crippen molar-refractivity contribution in [2.75, 3.05) is 14.1 Å². The van der Waals surface area contributed by atoms with Gasteiger partial charge in [0.15, 0.2) is 11.6 Å². The second kappa shape index (κ2) is 8.19. The molecule has 0 unspecified atom stereocenters. The van der Waals surface area contributed by atoms with Crippen LogP contribution in [-0.4, -0.2) is 30.9 Å². The van der Waals surface area contributed by atoms with Crippen LogP contribution < -0.4 is 5.32 Å². The average molecular weight is 360 g/mol. The van der Waals surface area contributed by atoms with Gasteiger partial charge in [0.25, 0.3) is 0 Å². The van der Waals surface area contributed by atoms with Gasteiger partial charge in [-0.1, -0.05) is 12.2 Å². The minimum absolute atomic E-state index is 0.00908. The first-order valence-electron chi connectivity index (χ1n) is 8.25. The molecule has 0 radical (unpaired) electrons. The van der Waals surface area contributed by atoms with Crippen molar-refractivity contribution in [1.29, 1.82) is 0 Å². The van der Waals surface area contributed by atoms with Crippen LogP contribution in [0.4, 0.5) is 8.78 Å². The highest BCUT2D eigenvalue weighted by Gasteiger charge is 2.24. The molecule has 1 atom stereocenters. The summed E-state index contributed by atoms with van der Waals surface area (Å²) in [6.45, 7) is 3.74. The van der Waals surface area contributed by atoms with E-state index in [1.54, 1.807) is 7.05 Å². The highest BCUT2D eigenvalue weighted by atomic mass is 19.2. The zero-order valence-electron chi connectivity index (χ0n) is 15.2. The molecule has 0 heterocycles. The summed E-state index contributed by atoms with van der Waals surface area (Å²) in [6, 6.07) is 1.81. The molecule has 0 saturated heterocycles. The largest absolute Gasteiger partial charge is 0.481 e. The molecular weight excluding hydrogens is 338 g/mol. The second-order valence-corrected chi connectivity index (χ2v) is 6.00. The minimum atomic E-state index is -1.10. The third-order valence-corrected chi connectivity index (χ3v) is 4.41. The van der Waals surface area contributed by atoms with E-state index in [9.17, 15) is 13.6 Å². The fourth-order valence-corrected chi connectivity index (χ4v) is 3.14. The molecule has 1 aromatic rings. The molecule has 1 aromatic carbocycles. The van der Waals surface area contributed by atoms with Gasteiger partial charge in [0.05, 0.1) is 12.1 Å². The number of rotatable bonds is 5. The molecule has 1 aliphatic carbocycles. The normalized spacial score (nSPS) is 18.7. The Morgan fingerprint density at radius 2 is 2.04 bits per heavy atom. The van der Waals surface area contributed by atoms with Gasteiger partial charge in [-0.15, -0.1) is 0 Å². The van der Waals surface area contributed by atoms with Crippen molar-refractivity contribution in [2.45, 2.75) is 26.3 Å². The maximum atomic E-state index is 14.4. The number of benzene rings is 1. The van der Waals surface area contributed by atoms with E-state index in [0.717, 1.165) is 28.5 Å². The number of halogens is 2. The van der Waals surface area contributed by atoms with Crippen LogP contribution in [0.3, 0.4) is 0 Å². The minimum Gasteiger partial charge on any atom is -0.481 e. The van der Waals surface area contributed by atoms with Gasteiger partial charge in [0.2, 0.25) is 0 Å². The number of carbonyl (C=O) groups is 1. The van der Waals surface area contributed by atoms with Crippen LogP contribution in [-0.2, 0) is 4.79 Å². The Bertz CT molecular complexity index is 852. The number of hydrogen-bond donors (Lipinski definition) is 2. The number of nitrogens with zero attached hydrogens (tertiary/aromatic N) is 1. The summed E-state index contributed by atoms with van der Waals surface area (Å²) in [4.78, 5) is 15.3. The molecule has 0 aromatic heterocycles. The standard InChI is InChI=1S/C20H22F2N2O2/c1-5-13-16(23-3)7-6-11(2)19(13)12-8-14(20(22)15(21)9-12)17(24-4)10-18(25)26/h5-9,17,24H,10H2,1-4H3,(H,25,26)/b13-5+,23-16?/t17-/m0/s1. The van der Waals surface area contributed by atoms with Crippen LogP contribution in [0, 0.1) is 11.6 Å². The van der Waals surface area contributed by atoms with Crippen LogP contribution in [0.15, 0.2) is 46.5 Å². The monoisotopic (exact) mass is 360 g/mol. The van der Waals surface area contributed by atoms with Crippen LogP contribution in [0.2, 0.25) is 0 Å². The van der Waals surface area contributed by atoms with E-state index in [4.69, 9.17) is 5.11 Å². The summed E-state index contributed by atoms with van der Waals surface area (Å²) in [5.74, 6) is -3.14. The van der Waals surface area contributed by atoms with E-state index in [2.05, 4.69) is 10.3 Å². The summed E-state index contributed by atoms with van der Waals surface area (Å²) in [6.07, 6.45) is 5.26. The molecule has 138 valence electrons. The van der Waals surface area contributed by atoms with Crippen LogP contribution in [0.25, 0.3) is 5.57 Å².